The zero-order valence-corrected chi connectivity index (χ0v) is 28.5. The monoisotopic (exact) mass is 641 g/mol. The molecular formula is C38H47N3O6. The van der Waals surface area contributed by atoms with Gasteiger partial charge in [0.1, 0.15) is 11.5 Å². The number of likely N-dealkylation sites (N-methyl/N-ethyl adjacent to an activating group) is 2. The summed E-state index contributed by atoms with van der Waals surface area (Å²) in [5.41, 5.74) is 12.8. The molecule has 2 aliphatic heterocycles. The number of nitrogen functional groups attached to an aromatic ring is 1. The fourth-order valence-electron chi connectivity index (χ4n) is 7.12. The first-order chi connectivity index (χ1) is 22.7. The number of allylic oxidation sites excluding steroid dienone is 1. The van der Waals surface area contributed by atoms with Crippen LogP contribution in [0.2, 0.25) is 0 Å². The minimum atomic E-state index is -0.374. The zero-order chi connectivity index (χ0) is 33.2. The molecule has 2 heterocycles. The summed E-state index contributed by atoms with van der Waals surface area (Å²) in [7, 11) is 11.1. The van der Waals surface area contributed by atoms with Gasteiger partial charge >= 0.3 is 0 Å². The Labute approximate surface area is 278 Å². The van der Waals surface area contributed by atoms with Gasteiger partial charge in [-0.25, -0.2) is 0 Å². The molecule has 2 N–H and O–H groups in total. The Balaban J connectivity index is 1.29. The van der Waals surface area contributed by atoms with Crippen molar-refractivity contribution in [3.05, 3.63) is 94.3 Å². The van der Waals surface area contributed by atoms with E-state index in [9.17, 15) is 0 Å². The summed E-state index contributed by atoms with van der Waals surface area (Å²) in [6.07, 6.45) is 4.12. The molecule has 0 radical (unpaired) electrons. The maximum atomic E-state index is 6.99. The van der Waals surface area contributed by atoms with Gasteiger partial charge in [-0.15, -0.1) is 0 Å². The molecule has 0 saturated heterocycles. The third-order valence-electron chi connectivity index (χ3n) is 9.96. The van der Waals surface area contributed by atoms with Crippen LogP contribution in [0.5, 0.6) is 28.7 Å². The number of fused-ring (bicyclic) bond motifs is 1. The van der Waals surface area contributed by atoms with E-state index in [1.165, 1.54) is 27.8 Å². The summed E-state index contributed by atoms with van der Waals surface area (Å²) < 4.78 is 36.4. The van der Waals surface area contributed by atoms with Gasteiger partial charge in [0.05, 0.1) is 21.3 Å². The Hall–Kier alpha value is -4.18. The molecule has 9 nitrogen and oxygen atoms in total. The van der Waals surface area contributed by atoms with Crippen LogP contribution in [0.3, 0.4) is 0 Å². The number of benzene rings is 3. The Morgan fingerprint density at radius 2 is 1.49 bits per heavy atom. The van der Waals surface area contributed by atoms with E-state index in [0.717, 1.165) is 49.6 Å². The van der Waals surface area contributed by atoms with Crippen LogP contribution < -0.4 is 24.7 Å². The van der Waals surface area contributed by atoms with E-state index in [2.05, 4.69) is 61.2 Å². The number of nitrogens with two attached hydrogens (primary N) is 1. The molecule has 3 aliphatic rings. The second kappa shape index (κ2) is 13.9. The molecule has 47 heavy (non-hydrogen) atoms. The summed E-state index contributed by atoms with van der Waals surface area (Å²) >= 11 is 0. The van der Waals surface area contributed by atoms with Gasteiger partial charge in [0.15, 0.2) is 35.2 Å². The highest BCUT2D eigenvalue weighted by Gasteiger charge is 2.42. The predicted molar refractivity (Wildman–Crippen MR) is 184 cm³/mol. The molecule has 0 saturated carbocycles. The number of ether oxygens (including phenoxy) is 6. The molecule has 3 aromatic rings. The Bertz CT molecular complexity index is 1650. The molecule has 0 fully saturated rings. The normalized spacial score (nSPS) is 23.0. The molecule has 0 amide bonds. The Morgan fingerprint density at radius 3 is 2.19 bits per heavy atom. The quantitative estimate of drug-likeness (QED) is 0.261. The molecule has 0 spiro atoms. The van der Waals surface area contributed by atoms with Gasteiger partial charge in [-0.2, -0.15) is 0 Å². The van der Waals surface area contributed by atoms with Crippen LogP contribution in [0.1, 0.15) is 36.1 Å². The van der Waals surface area contributed by atoms with E-state index in [1.807, 2.05) is 18.2 Å². The second-order valence-corrected chi connectivity index (χ2v) is 12.6. The molecule has 3 aromatic carbocycles. The van der Waals surface area contributed by atoms with E-state index >= 15 is 0 Å². The zero-order valence-electron chi connectivity index (χ0n) is 28.5. The van der Waals surface area contributed by atoms with Crippen molar-refractivity contribution >= 4 is 5.69 Å². The van der Waals surface area contributed by atoms with Gasteiger partial charge in [0, 0.05) is 44.0 Å². The minimum absolute atomic E-state index is 0.157. The second-order valence-electron chi connectivity index (χ2n) is 12.6. The number of anilines is 1. The van der Waals surface area contributed by atoms with E-state index in [-0.39, 0.29) is 24.3 Å². The minimum Gasteiger partial charge on any atom is -0.498 e. The van der Waals surface area contributed by atoms with Crippen LogP contribution in [-0.2, 0) is 22.3 Å². The smallest absolute Gasteiger partial charge is 0.169 e. The third kappa shape index (κ3) is 6.52. The molecular weight excluding hydrogens is 594 g/mol. The first-order valence-corrected chi connectivity index (χ1v) is 16.2. The van der Waals surface area contributed by atoms with Crippen molar-refractivity contribution < 1.29 is 28.4 Å². The molecule has 2 unspecified atom stereocenters. The van der Waals surface area contributed by atoms with Crippen molar-refractivity contribution in [2.24, 2.45) is 0 Å². The van der Waals surface area contributed by atoms with Crippen LogP contribution in [0, 0.1) is 0 Å². The van der Waals surface area contributed by atoms with Crippen LogP contribution in [0.15, 0.2) is 77.6 Å². The van der Waals surface area contributed by atoms with E-state index in [1.54, 1.807) is 40.6 Å². The van der Waals surface area contributed by atoms with Gasteiger partial charge in [0.25, 0.3) is 0 Å². The molecule has 4 atom stereocenters. The molecule has 250 valence electrons. The molecule has 6 rings (SSSR count). The van der Waals surface area contributed by atoms with E-state index in [4.69, 9.17) is 34.2 Å². The SMILES string of the molecule is COC1=CC2=C(C(Oc3cc4c(cc3OC)CCN(C)[C@H]4Cc3ccc(Oc4ccc(N)cc4OC)cc3)C1OC)[C@H](C)N(C)CC2. The van der Waals surface area contributed by atoms with Crippen molar-refractivity contribution in [3.63, 3.8) is 0 Å². The van der Waals surface area contributed by atoms with Crippen molar-refractivity contribution in [3.8, 4) is 28.7 Å². The standard InChI is InChI=1S/C38H47N3O6/c1-23-36-26(15-16-40(23)2)20-35(44-6)37(45-7)38(36)47-34-22-29-25(19-32(34)42-4)14-17-41(3)30(29)18-24-8-11-28(12-9-24)46-31-13-10-27(39)21-33(31)43-5/h8-13,19-23,30,37-38H,14-18,39H2,1-7H3/t23-,30-,37?,38?/m0/s1. The Kier molecular flexibility index (Phi) is 9.68. The molecule has 1 aliphatic carbocycles. The van der Waals surface area contributed by atoms with Crippen LogP contribution >= 0.6 is 0 Å². The first-order valence-electron chi connectivity index (χ1n) is 16.2. The van der Waals surface area contributed by atoms with Gasteiger partial charge in [-0.05, 0) is 111 Å². The lowest BCUT2D eigenvalue weighted by Gasteiger charge is -2.42. The van der Waals surface area contributed by atoms with Crippen molar-refractivity contribution in [2.45, 2.75) is 50.5 Å². The number of rotatable bonds is 10. The van der Waals surface area contributed by atoms with Crippen molar-refractivity contribution in [1.29, 1.82) is 0 Å². The van der Waals surface area contributed by atoms with Gasteiger partial charge < -0.3 is 34.2 Å². The van der Waals surface area contributed by atoms with Crippen molar-refractivity contribution in [2.75, 3.05) is 61.4 Å². The average Bonchev–Trinajstić information content (AvgIpc) is 3.08. The summed E-state index contributed by atoms with van der Waals surface area (Å²) in [5, 5.41) is 0. The summed E-state index contributed by atoms with van der Waals surface area (Å²) in [6.45, 7) is 4.17. The highest BCUT2D eigenvalue weighted by atomic mass is 16.6. The lowest BCUT2D eigenvalue weighted by Crippen LogP contribution is -2.49. The summed E-state index contributed by atoms with van der Waals surface area (Å²) in [5.74, 6) is 4.18. The number of nitrogens with zero attached hydrogens (tertiary/aromatic N) is 2. The highest BCUT2D eigenvalue weighted by molar-refractivity contribution is 5.54. The van der Waals surface area contributed by atoms with Crippen molar-refractivity contribution in [1.82, 2.24) is 9.80 Å². The maximum absolute atomic E-state index is 6.99. The Morgan fingerprint density at radius 1 is 0.766 bits per heavy atom. The maximum Gasteiger partial charge on any atom is 0.169 e. The van der Waals surface area contributed by atoms with Crippen LogP contribution in [0.25, 0.3) is 0 Å². The number of hydrogen-bond donors (Lipinski definition) is 1. The van der Waals surface area contributed by atoms with Crippen LogP contribution in [0.4, 0.5) is 5.69 Å². The van der Waals surface area contributed by atoms with Gasteiger partial charge in [-0.1, -0.05) is 12.1 Å². The predicted octanol–water partition coefficient (Wildman–Crippen LogP) is 6.18. The number of methoxy groups -OCH3 is 4. The first kappa shape index (κ1) is 32.7. The lowest BCUT2D eigenvalue weighted by atomic mass is 9.82. The fourth-order valence-corrected chi connectivity index (χ4v) is 7.12. The van der Waals surface area contributed by atoms with Gasteiger partial charge in [-0.3, -0.25) is 9.80 Å². The van der Waals surface area contributed by atoms with E-state index < -0.39 is 0 Å². The molecule has 0 bridgehead atoms. The van der Waals surface area contributed by atoms with E-state index in [0.29, 0.717) is 22.9 Å². The topological polar surface area (TPSA) is 87.9 Å². The summed E-state index contributed by atoms with van der Waals surface area (Å²) in [6, 6.07) is 18.3. The summed E-state index contributed by atoms with van der Waals surface area (Å²) in [4.78, 5) is 4.79. The highest BCUT2D eigenvalue weighted by Crippen LogP contribution is 2.43. The molecule has 0 aromatic heterocycles. The number of hydrogen-bond acceptors (Lipinski definition) is 9. The molecule has 9 heteroatoms. The fraction of sp³-hybridized carbons (Fsp3) is 0.421. The lowest BCUT2D eigenvalue weighted by molar-refractivity contribution is -0.00111. The van der Waals surface area contributed by atoms with Gasteiger partial charge in [0.2, 0.25) is 0 Å². The van der Waals surface area contributed by atoms with Crippen LogP contribution in [-0.4, -0.2) is 83.7 Å². The largest absolute Gasteiger partial charge is 0.498 e. The third-order valence-corrected chi connectivity index (χ3v) is 9.96. The average molecular weight is 642 g/mol.